The van der Waals surface area contributed by atoms with Crippen LogP contribution in [0.15, 0.2) is 9.64 Å². The molecule has 7 nitrogen and oxygen atoms in total. The summed E-state index contributed by atoms with van der Waals surface area (Å²) in [5.41, 5.74) is 0.0655. The Morgan fingerprint density at radius 1 is 1.17 bits per heavy atom. The SMILES string of the molecule is COC(=O)[C@H](CC(C)C)NC(=O)CSc1nnc(C23CC4CC(CC(C4)C2)C3)o1. The molecule has 0 saturated heterocycles. The molecule has 0 aromatic carbocycles. The number of carbonyl (C=O) groups excluding carboxylic acids is 2. The van der Waals surface area contributed by atoms with Gasteiger partial charge in [-0.3, -0.25) is 4.79 Å². The first-order chi connectivity index (χ1) is 13.9. The number of ether oxygens (including phenoxy) is 1. The fourth-order valence-corrected chi connectivity index (χ4v) is 6.62. The maximum absolute atomic E-state index is 12.3. The van der Waals surface area contributed by atoms with Gasteiger partial charge in [-0.05, 0) is 68.6 Å². The third kappa shape index (κ3) is 4.47. The lowest BCUT2D eigenvalue weighted by atomic mass is 9.49. The van der Waals surface area contributed by atoms with Crippen LogP contribution in [0.1, 0.15) is 64.7 Å². The number of rotatable bonds is 8. The summed E-state index contributed by atoms with van der Waals surface area (Å²) in [6.45, 7) is 4.00. The summed E-state index contributed by atoms with van der Waals surface area (Å²) in [7, 11) is 1.33. The molecule has 4 saturated carbocycles. The van der Waals surface area contributed by atoms with E-state index in [0.29, 0.717) is 11.6 Å². The molecule has 29 heavy (non-hydrogen) atoms. The van der Waals surface area contributed by atoms with Crippen molar-refractivity contribution in [2.45, 2.75) is 75.5 Å². The Morgan fingerprint density at radius 3 is 2.34 bits per heavy atom. The maximum Gasteiger partial charge on any atom is 0.328 e. The van der Waals surface area contributed by atoms with Gasteiger partial charge in [0.1, 0.15) is 6.04 Å². The van der Waals surface area contributed by atoms with E-state index in [4.69, 9.17) is 9.15 Å². The van der Waals surface area contributed by atoms with Gasteiger partial charge in [0.2, 0.25) is 11.8 Å². The number of nitrogens with one attached hydrogen (secondary N) is 1. The molecule has 5 rings (SSSR count). The lowest BCUT2D eigenvalue weighted by Crippen LogP contribution is -2.48. The van der Waals surface area contributed by atoms with E-state index in [-0.39, 0.29) is 23.0 Å². The van der Waals surface area contributed by atoms with E-state index in [2.05, 4.69) is 15.5 Å². The minimum absolute atomic E-state index is 0.0655. The Labute approximate surface area is 176 Å². The summed E-state index contributed by atoms with van der Waals surface area (Å²) in [6.07, 6.45) is 8.15. The van der Waals surface area contributed by atoms with Gasteiger partial charge in [0.15, 0.2) is 0 Å². The van der Waals surface area contributed by atoms with Crippen LogP contribution in [0, 0.1) is 23.7 Å². The van der Waals surface area contributed by atoms with E-state index in [1.54, 1.807) is 0 Å². The van der Waals surface area contributed by atoms with E-state index in [9.17, 15) is 9.59 Å². The first kappa shape index (κ1) is 20.7. The second kappa shape index (κ2) is 8.28. The summed E-state index contributed by atoms with van der Waals surface area (Å²) in [4.78, 5) is 24.2. The van der Waals surface area contributed by atoms with Crippen LogP contribution in [0.25, 0.3) is 0 Å². The Morgan fingerprint density at radius 2 is 1.79 bits per heavy atom. The average molecular weight is 422 g/mol. The van der Waals surface area contributed by atoms with Gasteiger partial charge < -0.3 is 14.5 Å². The molecular formula is C21H31N3O4S. The number of esters is 1. The number of hydrogen-bond donors (Lipinski definition) is 1. The molecule has 160 valence electrons. The number of hydrogen-bond acceptors (Lipinski definition) is 7. The molecule has 1 aromatic rings. The molecule has 0 spiro atoms. The third-order valence-electron chi connectivity index (χ3n) is 6.75. The van der Waals surface area contributed by atoms with Crippen molar-refractivity contribution < 1.29 is 18.7 Å². The van der Waals surface area contributed by atoms with Crippen LogP contribution >= 0.6 is 11.8 Å². The number of nitrogens with zero attached hydrogens (tertiary/aromatic N) is 2. The number of thioether (sulfide) groups is 1. The largest absolute Gasteiger partial charge is 0.467 e. The van der Waals surface area contributed by atoms with Crippen LogP contribution in [0.5, 0.6) is 0 Å². The Hall–Kier alpha value is -1.57. The molecule has 1 N–H and O–H groups in total. The number of methoxy groups -OCH3 is 1. The predicted molar refractivity (Wildman–Crippen MR) is 108 cm³/mol. The van der Waals surface area contributed by atoms with Crippen molar-refractivity contribution in [3.63, 3.8) is 0 Å². The highest BCUT2D eigenvalue weighted by Crippen LogP contribution is 2.60. The van der Waals surface area contributed by atoms with Crippen LogP contribution in [0.4, 0.5) is 0 Å². The zero-order chi connectivity index (χ0) is 20.6. The molecule has 0 unspecified atom stereocenters. The van der Waals surface area contributed by atoms with Crippen molar-refractivity contribution >= 4 is 23.6 Å². The summed E-state index contributed by atoms with van der Waals surface area (Å²) in [5, 5.41) is 11.8. The minimum Gasteiger partial charge on any atom is -0.467 e. The monoisotopic (exact) mass is 421 g/mol. The quantitative estimate of drug-likeness (QED) is 0.508. The topological polar surface area (TPSA) is 94.3 Å². The first-order valence-electron chi connectivity index (χ1n) is 10.7. The average Bonchev–Trinajstić information content (AvgIpc) is 3.14. The highest BCUT2D eigenvalue weighted by atomic mass is 32.2. The van der Waals surface area contributed by atoms with Crippen molar-refractivity contribution in [2.75, 3.05) is 12.9 Å². The van der Waals surface area contributed by atoms with Gasteiger partial charge >= 0.3 is 5.97 Å². The molecule has 8 heteroatoms. The van der Waals surface area contributed by atoms with E-state index < -0.39 is 12.0 Å². The molecule has 1 heterocycles. The molecule has 0 radical (unpaired) electrons. The van der Waals surface area contributed by atoms with Crippen molar-refractivity contribution in [1.82, 2.24) is 15.5 Å². The molecule has 1 aromatic heterocycles. The van der Waals surface area contributed by atoms with Crippen LogP contribution in [-0.4, -0.2) is 41.0 Å². The van der Waals surface area contributed by atoms with Gasteiger partial charge in [-0.1, -0.05) is 25.6 Å². The second-order valence-electron chi connectivity index (χ2n) is 9.63. The van der Waals surface area contributed by atoms with E-state index in [1.807, 2.05) is 13.8 Å². The smallest absolute Gasteiger partial charge is 0.328 e. The summed E-state index contributed by atoms with van der Waals surface area (Å²) >= 11 is 1.23. The van der Waals surface area contributed by atoms with E-state index in [1.165, 1.54) is 57.4 Å². The second-order valence-corrected chi connectivity index (χ2v) is 10.6. The summed E-state index contributed by atoms with van der Waals surface area (Å²) in [6, 6.07) is -0.627. The highest BCUT2D eigenvalue weighted by Gasteiger charge is 2.54. The van der Waals surface area contributed by atoms with Gasteiger partial charge in [-0.15, -0.1) is 10.2 Å². The van der Waals surface area contributed by atoms with Crippen molar-refractivity contribution in [3.8, 4) is 0 Å². The normalized spacial score (nSPS) is 31.1. The minimum atomic E-state index is -0.627. The molecule has 4 bridgehead atoms. The van der Waals surface area contributed by atoms with Crippen molar-refractivity contribution in [1.29, 1.82) is 0 Å². The molecule has 1 amide bonds. The zero-order valence-electron chi connectivity index (χ0n) is 17.5. The first-order valence-corrected chi connectivity index (χ1v) is 11.7. The third-order valence-corrected chi connectivity index (χ3v) is 7.57. The predicted octanol–water partition coefficient (Wildman–Crippen LogP) is 3.33. The lowest BCUT2D eigenvalue weighted by molar-refractivity contribution is -0.145. The number of carbonyl (C=O) groups is 2. The molecule has 1 atom stereocenters. The Kier molecular flexibility index (Phi) is 5.91. The van der Waals surface area contributed by atoms with Gasteiger partial charge in [-0.25, -0.2) is 4.79 Å². The highest BCUT2D eigenvalue weighted by molar-refractivity contribution is 7.99. The lowest BCUT2D eigenvalue weighted by Gasteiger charge is -2.55. The van der Waals surface area contributed by atoms with Gasteiger partial charge in [0.05, 0.1) is 12.9 Å². The fraction of sp³-hybridized carbons (Fsp3) is 0.810. The molecular weight excluding hydrogens is 390 g/mol. The Bertz CT molecular complexity index is 728. The van der Waals surface area contributed by atoms with Gasteiger partial charge in [0, 0.05) is 5.41 Å². The zero-order valence-corrected chi connectivity index (χ0v) is 18.3. The summed E-state index contributed by atoms with van der Waals surface area (Å²) < 4.78 is 10.8. The summed E-state index contributed by atoms with van der Waals surface area (Å²) in [5.74, 6) is 2.95. The van der Waals surface area contributed by atoms with Crippen LogP contribution < -0.4 is 5.32 Å². The standard InChI is InChI=1S/C21H31N3O4S/c1-12(2)4-16(18(26)27-3)22-17(25)11-29-20-24-23-19(28-20)21-8-13-5-14(9-21)7-15(6-13)10-21/h12-16H,4-11H2,1-3H3,(H,22,25)/t13?,14?,15?,16-,21?/m0/s1. The van der Waals surface area contributed by atoms with Crippen molar-refractivity contribution in [2.24, 2.45) is 23.7 Å². The molecule has 4 aliphatic rings. The number of aromatic nitrogens is 2. The van der Waals surface area contributed by atoms with Gasteiger partial charge in [0.25, 0.3) is 5.22 Å². The Balaban J connectivity index is 1.34. The van der Waals surface area contributed by atoms with Crippen molar-refractivity contribution in [3.05, 3.63) is 5.89 Å². The van der Waals surface area contributed by atoms with Crippen LogP contribution in [0.3, 0.4) is 0 Å². The molecule has 0 aliphatic heterocycles. The van der Waals surface area contributed by atoms with E-state index in [0.717, 1.165) is 23.6 Å². The molecule has 4 fully saturated rings. The van der Waals surface area contributed by atoms with Crippen LogP contribution in [0.2, 0.25) is 0 Å². The number of amides is 1. The van der Waals surface area contributed by atoms with E-state index >= 15 is 0 Å². The van der Waals surface area contributed by atoms with Crippen LogP contribution in [-0.2, 0) is 19.7 Å². The van der Waals surface area contributed by atoms with Gasteiger partial charge in [-0.2, -0.15) is 0 Å². The molecule has 4 aliphatic carbocycles. The fourth-order valence-electron chi connectivity index (χ4n) is 6.05. The maximum atomic E-state index is 12.3.